The lowest BCUT2D eigenvalue weighted by Crippen LogP contribution is -2.45. The minimum absolute atomic E-state index is 0.0872. The van der Waals surface area contributed by atoms with E-state index >= 15 is 0 Å². The minimum atomic E-state index is -4.41. The van der Waals surface area contributed by atoms with E-state index in [1.807, 2.05) is 0 Å². The summed E-state index contributed by atoms with van der Waals surface area (Å²) in [5, 5.41) is 0. The van der Waals surface area contributed by atoms with Gasteiger partial charge in [-0.3, -0.25) is 9.59 Å². The van der Waals surface area contributed by atoms with Crippen LogP contribution >= 0.6 is 0 Å². The molecule has 0 atom stereocenters. The van der Waals surface area contributed by atoms with Crippen LogP contribution in [0.1, 0.15) is 40.7 Å². The molecule has 0 unspecified atom stereocenters. The first-order valence-corrected chi connectivity index (χ1v) is 11.2. The van der Waals surface area contributed by atoms with Gasteiger partial charge in [-0.15, -0.1) is 0 Å². The van der Waals surface area contributed by atoms with Gasteiger partial charge < -0.3 is 19.3 Å². The van der Waals surface area contributed by atoms with E-state index in [1.54, 1.807) is 28.0 Å². The van der Waals surface area contributed by atoms with Crippen molar-refractivity contribution in [2.75, 3.05) is 38.8 Å². The fourth-order valence-electron chi connectivity index (χ4n) is 4.67. The number of aryl methyl sites for hydroxylation is 1. The quantitative estimate of drug-likeness (QED) is 0.650. The van der Waals surface area contributed by atoms with E-state index in [1.165, 1.54) is 20.3 Å². The number of hydrogen-bond acceptors (Lipinski definition) is 4. The number of amides is 2. The molecule has 2 heterocycles. The molecule has 9 heteroatoms. The van der Waals surface area contributed by atoms with E-state index in [0.717, 1.165) is 12.1 Å². The molecular formula is C25H27F3N2O4. The van der Waals surface area contributed by atoms with Gasteiger partial charge in [0.2, 0.25) is 5.91 Å². The van der Waals surface area contributed by atoms with E-state index in [9.17, 15) is 22.8 Å². The van der Waals surface area contributed by atoms with Crippen LogP contribution in [0, 0.1) is 5.92 Å². The highest BCUT2D eigenvalue weighted by Crippen LogP contribution is 2.36. The second-order valence-electron chi connectivity index (χ2n) is 8.60. The Morgan fingerprint density at radius 1 is 0.941 bits per heavy atom. The van der Waals surface area contributed by atoms with Crippen LogP contribution in [0.15, 0.2) is 36.4 Å². The van der Waals surface area contributed by atoms with Gasteiger partial charge in [-0.2, -0.15) is 13.2 Å². The topological polar surface area (TPSA) is 59.1 Å². The lowest BCUT2D eigenvalue weighted by molar-refractivity contribution is -0.137. The monoisotopic (exact) mass is 476 g/mol. The Balaban J connectivity index is 1.43. The fourth-order valence-corrected chi connectivity index (χ4v) is 4.67. The first kappa shape index (κ1) is 23.9. The van der Waals surface area contributed by atoms with Gasteiger partial charge in [-0.05, 0) is 61.6 Å². The normalized spacial score (nSPS) is 16.7. The van der Waals surface area contributed by atoms with Crippen LogP contribution in [-0.2, 0) is 17.4 Å². The zero-order valence-electron chi connectivity index (χ0n) is 19.2. The van der Waals surface area contributed by atoms with Crippen LogP contribution in [0.5, 0.6) is 11.5 Å². The molecule has 0 aliphatic carbocycles. The van der Waals surface area contributed by atoms with Crippen molar-refractivity contribution in [1.82, 2.24) is 4.90 Å². The Bertz CT molecular complexity index is 1060. The van der Waals surface area contributed by atoms with Crippen LogP contribution in [-0.4, -0.2) is 50.6 Å². The molecule has 0 spiro atoms. The van der Waals surface area contributed by atoms with Crippen molar-refractivity contribution in [3.8, 4) is 11.5 Å². The van der Waals surface area contributed by atoms with Gasteiger partial charge in [0.1, 0.15) is 11.5 Å². The first-order valence-electron chi connectivity index (χ1n) is 11.2. The van der Waals surface area contributed by atoms with E-state index in [-0.39, 0.29) is 17.7 Å². The average molecular weight is 476 g/mol. The van der Waals surface area contributed by atoms with Crippen molar-refractivity contribution in [3.63, 3.8) is 0 Å². The molecule has 2 aromatic rings. The number of methoxy groups -OCH3 is 2. The molecule has 2 amide bonds. The Morgan fingerprint density at radius 2 is 1.59 bits per heavy atom. The van der Waals surface area contributed by atoms with Gasteiger partial charge in [0.15, 0.2) is 0 Å². The maximum atomic E-state index is 13.3. The average Bonchev–Trinajstić information content (AvgIpc) is 2.86. The second-order valence-corrected chi connectivity index (χ2v) is 8.60. The summed E-state index contributed by atoms with van der Waals surface area (Å²) >= 11 is 0. The van der Waals surface area contributed by atoms with E-state index in [0.29, 0.717) is 73.6 Å². The highest BCUT2D eigenvalue weighted by atomic mass is 19.4. The number of piperidine rings is 1. The highest BCUT2D eigenvalue weighted by Gasteiger charge is 2.35. The number of benzene rings is 2. The third-order valence-electron chi connectivity index (χ3n) is 6.52. The second kappa shape index (κ2) is 9.56. The molecule has 2 aromatic carbocycles. The van der Waals surface area contributed by atoms with E-state index in [2.05, 4.69) is 0 Å². The summed E-state index contributed by atoms with van der Waals surface area (Å²) in [6.45, 7) is 1.32. The van der Waals surface area contributed by atoms with Gasteiger partial charge >= 0.3 is 6.18 Å². The number of ether oxygens (including phenoxy) is 2. The smallest absolute Gasteiger partial charge is 0.416 e. The number of halogens is 3. The lowest BCUT2D eigenvalue weighted by atomic mass is 9.92. The summed E-state index contributed by atoms with van der Waals surface area (Å²) in [6, 6.07) is 8.59. The minimum Gasteiger partial charge on any atom is -0.497 e. The molecule has 4 rings (SSSR count). The Morgan fingerprint density at radius 3 is 2.18 bits per heavy atom. The first-order chi connectivity index (χ1) is 16.2. The van der Waals surface area contributed by atoms with Crippen LogP contribution in [0.2, 0.25) is 0 Å². The van der Waals surface area contributed by atoms with Gasteiger partial charge in [-0.1, -0.05) is 0 Å². The molecule has 182 valence electrons. The number of rotatable bonds is 4. The molecule has 0 saturated carbocycles. The summed E-state index contributed by atoms with van der Waals surface area (Å²) in [5.41, 5.74) is 0.869. The van der Waals surface area contributed by atoms with Gasteiger partial charge in [0.25, 0.3) is 5.91 Å². The van der Waals surface area contributed by atoms with Crippen molar-refractivity contribution in [2.24, 2.45) is 5.92 Å². The number of anilines is 1. The number of carbonyl (C=O) groups is 2. The predicted molar refractivity (Wildman–Crippen MR) is 120 cm³/mol. The summed E-state index contributed by atoms with van der Waals surface area (Å²) in [7, 11) is 3.03. The molecule has 6 nitrogen and oxygen atoms in total. The maximum absolute atomic E-state index is 13.3. The molecule has 0 radical (unpaired) electrons. The standard InChI is InChI=1S/C25H27F3N2O4/c1-33-20-13-18(14-21(15-20)34-2)23(31)29-10-7-16(8-11-29)24(32)30-9-3-4-17-12-19(25(26,27)28)5-6-22(17)30/h5-6,12-16H,3-4,7-11H2,1-2H3. The molecule has 0 bridgehead atoms. The lowest BCUT2D eigenvalue weighted by Gasteiger charge is -2.36. The highest BCUT2D eigenvalue weighted by molar-refractivity contribution is 5.97. The van der Waals surface area contributed by atoms with Gasteiger partial charge in [0, 0.05) is 42.9 Å². The van der Waals surface area contributed by atoms with Crippen LogP contribution in [0.4, 0.5) is 18.9 Å². The molecule has 1 saturated heterocycles. The summed E-state index contributed by atoms with van der Waals surface area (Å²) < 4.78 is 49.7. The third-order valence-corrected chi connectivity index (χ3v) is 6.52. The number of carbonyl (C=O) groups excluding carboxylic acids is 2. The Kier molecular flexibility index (Phi) is 6.72. The molecular weight excluding hydrogens is 449 g/mol. The molecule has 2 aliphatic heterocycles. The molecule has 0 aromatic heterocycles. The van der Waals surface area contributed by atoms with Crippen LogP contribution in [0.3, 0.4) is 0 Å². The van der Waals surface area contributed by atoms with Crippen LogP contribution in [0.25, 0.3) is 0 Å². The predicted octanol–water partition coefficient (Wildman–Crippen LogP) is 4.55. The van der Waals surface area contributed by atoms with Crippen molar-refractivity contribution in [1.29, 1.82) is 0 Å². The molecule has 1 fully saturated rings. The zero-order chi connectivity index (χ0) is 24.5. The summed E-state index contributed by atoms with van der Waals surface area (Å²) in [6.07, 6.45) is -2.28. The zero-order valence-corrected chi connectivity index (χ0v) is 19.2. The largest absolute Gasteiger partial charge is 0.497 e. The van der Waals surface area contributed by atoms with Crippen molar-refractivity contribution in [2.45, 2.75) is 31.9 Å². The van der Waals surface area contributed by atoms with E-state index in [4.69, 9.17) is 9.47 Å². The Labute approximate surface area is 196 Å². The summed E-state index contributed by atoms with van der Waals surface area (Å²) in [4.78, 5) is 29.6. The van der Waals surface area contributed by atoms with Crippen molar-refractivity contribution >= 4 is 17.5 Å². The number of likely N-dealkylation sites (tertiary alicyclic amines) is 1. The molecule has 34 heavy (non-hydrogen) atoms. The fraction of sp³-hybridized carbons (Fsp3) is 0.440. The van der Waals surface area contributed by atoms with E-state index < -0.39 is 11.7 Å². The SMILES string of the molecule is COc1cc(OC)cc(C(=O)N2CCC(C(=O)N3CCCc4cc(C(F)(F)F)ccc43)CC2)c1. The number of fused-ring (bicyclic) bond motifs is 1. The molecule has 0 N–H and O–H groups in total. The number of nitrogens with zero attached hydrogens (tertiary/aromatic N) is 2. The molecule has 2 aliphatic rings. The third kappa shape index (κ3) is 4.83. The number of hydrogen-bond donors (Lipinski definition) is 0. The van der Waals surface area contributed by atoms with Crippen molar-refractivity contribution < 1.29 is 32.2 Å². The van der Waals surface area contributed by atoms with Crippen molar-refractivity contribution in [3.05, 3.63) is 53.1 Å². The van der Waals surface area contributed by atoms with Crippen LogP contribution < -0.4 is 14.4 Å². The summed E-state index contributed by atoms with van der Waals surface area (Å²) in [5.74, 6) is 0.509. The van der Waals surface area contributed by atoms with Gasteiger partial charge in [-0.25, -0.2) is 0 Å². The maximum Gasteiger partial charge on any atom is 0.416 e. The van der Waals surface area contributed by atoms with Gasteiger partial charge in [0.05, 0.1) is 19.8 Å². The number of alkyl halides is 3. The Hall–Kier alpha value is -3.23.